The van der Waals surface area contributed by atoms with Crippen molar-refractivity contribution in [3.05, 3.63) is 53.4 Å². The first-order chi connectivity index (χ1) is 11.0. The summed E-state index contributed by atoms with van der Waals surface area (Å²) in [5.74, 6) is 0.103. The molecule has 0 saturated heterocycles. The van der Waals surface area contributed by atoms with Crippen molar-refractivity contribution in [2.75, 3.05) is 21.2 Å². The van der Waals surface area contributed by atoms with Gasteiger partial charge in [0.2, 0.25) is 0 Å². The van der Waals surface area contributed by atoms with E-state index >= 15 is 0 Å². The molecule has 0 aliphatic heterocycles. The molecule has 124 valence electrons. The third kappa shape index (κ3) is 4.40. The summed E-state index contributed by atoms with van der Waals surface area (Å²) < 4.78 is 9.77. The van der Waals surface area contributed by atoms with Gasteiger partial charge in [0.15, 0.2) is 11.5 Å². The Balaban J connectivity index is 2.01. The summed E-state index contributed by atoms with van der Waals surface area (Å²) in [6.07, 6.45) is 0. The molecule has 0 aliphatic carbocycles. The molecule has 0 spiro atoms. The van der Waals surface area contributed by atoms with E-state index in [4.69, 9.17) is 4.52 Å². The minimum atomic E-state index is -0.497. The van der Waals surface area contributed by atoms with Gasteiger partial charge >= 0.3 is 5.97 Å². The molecule has 0 amide bonds. The van der Waals surface area contributed by atoms with Crippen molar-refractivity contribution >= 4 is 5.97 Å². The molecule has 1 aromatic heterocycles. The van der Waals surface area contributed by atoms with Gasteiger partial charge in [0.05, 0.1) is 13.7 Å². The maximum absolute atomic E-state index is 11.4. The van der Waals surface area contributed by atoms with Gasteiger partial charge in [0.25, 0.3) is 0 Å². The van der Waals surface area contributed by atoms with E-state index < -0.39 is 5.97 Å². The van der Waals surface area contributed by atoms with Crippen LogP contribution in [0.1, 0.15) is 34.8 Å². The van der Waals surface area contributed by atoms with Gasteiger partial charge in [-0.1, -0.05) is 35.5 Å². The van der Waals surface area contributed by atoms with E-state index in [-0.39, 0.29) is 17.8 Å². The quantitative estimate of drug-likeness (QED) is 0.790. The fourth-order valence-corrected chi connectivity index (χ4v) is 2.65. The van der Waals surface area contributed by atoms with Crippen molar-refractivity contribution in [1.29, 1.82) is 0 Å². The van der Waals surface area contributed by atoms with E-state index in [0.29, 0.717) is 12.3 Å². The number of nitrogens with one attached hydrogen (secondary N) is 1. The molecule has 0 unspecified atom stereocenters. The predicted molar refractivity (Wildman–Crippen MR) is 87.0 cm³/mol. The van der Waals surface area contributed by atoms with E-state index in [9.17, 15) is 4.79 Å². The second kappa shape index (κ2) is 7.89. The Kier molecular flexibility index (Phi) is 5.90. The lowest BCUT2D eigenvalue weighted by atomic mass is 9.99. The molecule has 0 radical (unpaired) electrons. The summed E-state index contributed by atoms with van der Waals surface area (Å²) in [5, 5.41) is 7.12. The number of likely N-dealkylation sites (N-methyl/N-ethyl adjacent to an activating group) is 1. The van der Waals surface area contributed by atoms with Gasteiger partial charge in [0.1, 0.15) is 0 Å². The Morgan fingerprint density at radius 1 is 1.35 bits per heavy atom. The molecule has 23 heavy (non-hydrogen) atoms. The number of carbonyl (C=O) groups is 1. The highest BCUT2D eigenvalue weighted by Gasteiger charge is 2.21. The number of benzene rings is 1. The number of methoxy groups -OCH3 is 1. The second-order valence-corrected chi connectivity index (χ2v) is 5.66. The van der Waals surface area contributed by atoms with Crippen LogP contribution in [0.25, 0.3) is 0 Å². The lowest BCUT2D eigenvalue weighted by molar-refractivity contribution is 0.0589. The number of carbonyl (C=O) groups excluding carboxylic acids is 1. The van der Waals surface area contributed by atoms with Crippen molar-refractivity contribution in [2.45, 2.75) is 25.6 Å². The van der Waals surface area contributed by atoms with Crippen LogP contribution in [0.5, 0.6) is 0 Å². The average molecular weight is 317 g/mol. The fourth-order valence-electron chi connectivity index (χ4n) is 2.65. The smallest absolute Gasteiger partial charge is 0.360 e. The molecule has 2 atom stereocenters. The molecule has 1 N–H and O–H groups in total. The second-order valence-electron chi connectivity index (χ2n) is 5.66. The molecular formula is C17H23N3O3. The van der Waals surface area contributed by atoms with E-state index in [1.165, 1.54) is 12.7 Å². The van der Waals surface area contributed by atoms with Crippen molar-refractivity contribution in [2.24, 2.45) is 0 Å². The molecule has 2 rings (SSSR count). The molecule has 6 heteroatoms. The summed E-state index contributed by atoms with van der Waals surface area (Å²) in [4.78, 5) is 13.5. The summed E-state index contributed by atoms with van der Waals surface area (Å²) in [7, 11) is 5.43. The number of rotatable bonds is 7. The zero-order valence-electron chi connectivity index (χ0n) is 13.9. The third-order valence-electron chi connectivity index (χ3n) is 3.72. The van der Waals surface area contributed by atoms with Crippen LogP contribution < -0.4 is 5.32 Å². The van der Waals surface area contributed by atoms with Crippen molar-refractivity contribution in [3.63, 3.8) is 0 Å². The van der Waals surface area contributed by atoms with E-state index in [0.717, 1.165) is 0 Å². The van der Waals surface area contributed by atoms with Crippen LogP contribution in [0.15, 0.2) is 40.9 Å². The first kappa shape index (κ1) is 17.2. The Hall–Kier alpha value is -2.18. The van der Waals surface area contributed by atoms with Gasteiger partial charge in [-0.05, 0) is 26.6 Å². The molecule has 6 nitrogen and oxygen atoms in total. The van der Waals surface area contributed by atoms with E-state index in [1.54, 1.807) is 6.07 Å². The zero-order chi connectivity index (χ0) is 16.8. The van der Waals surface area contributed by atoms with Crippen molar-refractivity contribution in [1.82, 2.24) is 15.4 Å². The Bertz CT molecular complexity index is 625. The normalized spacial score (nSPS) is 13.8. The zero-order valence-corrected chi connectivity index (χ0v) is 13.9. The molecule has 0 aliphatic rings. The molecule has 1 heterocycles. The highest BCUT2D eigenvalue weighted by molar-refractivity contribution is 5.86. The Labute approximate surface area is 136 Å². The molecule has 0 fully saturated rings. The SMILES string of the molecule is COC(=O)c1cc(CN[C@@H](C)[C@H](c2ccccc2)N(C)C)on1. The van der Waals surface area contributed by atoms with Gasteiger partial charge in [-0.15, -0.1) is 0 Å². The first-order valence-electron chi connectivity index (χ1n) is 7.51. The molecule has 0 saturated carbocycles. The fraction of sp³-hybridized carbons (Fsp3) is 0.412. The lowest BCUT2D eigenvalue weighted by Crippen LogP contribution is -2.38. The molecule has 0 bridgehead atoms. The van der Waals surface area contributed by atoms with Crippen LogP contribution in [0.4, 0.5) is 0 Å². The largest absolute Gasteiger partial charge is 0.464 e. The van der Waals surface area contributed by atoms with Gasteiger partial charge in [-0.3, -0.25) is 0 Å². The van der Waals surface area contributed by atoms with Crippen LogP contribution in [0, 0.1) is 0 Å². The topological polar surface area (TPSA) is 67.6 Å². The third-order valence-corrected chi connectivity index (χ3v) is 3.72. The van der Waals surface area contributed by atoms with Crippen LogP contribution in [-0.2, 0) is 11.3 Å². The number of aromatic nitrogens is 1. The van der Waals surface area contributed by atoms with Crippen LogP contribution in [-0.4, -0.2) is 43.3 Å². The number of esters is 1. The summed E-state index contributed by atoms with van der Waals surface area (Å²) in [6, 6.07) is 12.3. The van der Waals surface area contributed by atoms with E-state index in [2.05, 4.69) is 53.3 Å². The van der Waals surface area contributed by atoms with Crippen LogP contribution in [0.3, 0.4) is 0 Å². The maximum atomic E-state index is 11.4. The molecule has 1 aromatic carbocycles. The van der Waals surface area contributed by atoms with Gasteiger partial charge in [-0.2, -0.15) is 0 Å². The van der Waals surface area contributed by atoms with E-state index in [1.807, 2.05) is 18.2 Å². The van der Waals surface area contributed by atoms with Crippen molar-refractivity contribution < 1.29 is 14.1 Å². The Morgan fingerprint density at radius 3 is 2.65 bits per heavy atom. The monoisotopic (exact) mass is 317 g/mol. The van der Waals surface area contributed by atoms with Gasteiger partial charge in [0, 0.05) is 18.2 Å². The standard InChI is InChI=1S/C17H23N3O3/c1-12(16(20(2)3)13-8-6-5-7-9-13)18-11-14-10-15(19-23-14)17(21)22-4/h5-10,12,16,18H,11H2,1-4H3/t12-,16+/m0/s1. The highest BCUT2D eigenvalue weighted by atomic mass is 16.5. The van der Waals surface area contributed by atoms with Gasteiger partial charge < -0.3 is 19.5 Å². The maximum Gasteiger partial charge on any atom is 0.360 e. The number of hydrogen-bond acceptors (Lipinski definition) is 6. The van der Waals surface area contributed by atoms with Crippen LogP contribution >= 0.6 is 0 Å². The minimum absolute atomic E-state index is 0.180. The summed E-state index contributed by atoms with van der Waals surface area (Å²) in [6.45, 7) is 2.61. The number of hydrogen-bond donors (Lipinski definition) is 1. The van der Waals surface area contributed by atoms with Crippen molar-refractivity contribution in [3.8, 4) is 0 Å². The number of ether oxygens (including phenoxy) is 1. The van der Waals surface area contributed by atoms with Crippen LogP contribution in [0.2, 0.25) is 0 Å². The molecule has 2 aromatic rings. The lowest BCUT2D eigenvalue weighted by Gasteiger charge is -2.31. The minimum Gasteiger partial charge on any atom is -0.464 e. The van der Waals surface area contributed by atoms with Gasteiger partial charge in [-0.25, -0.2) is 4.79 Å². The summed E-state index contributed by atoms with van der Waals surface area (Å²) >= 11 is 0. The first-order valence-corrected chi connectivity index (χ1v) is 7.51. The predicted octanol–water partition coefficient (Wildman–Crippen LogP) is 2.24. The highest BCUT2D eigenvalue weighted by Crippen LogP contribution is 2.22. The summed E-state index contributed by atoms with van der Waals surface area (Å²) in [5.41, 5.74) is 1.43. The average Bonchev–Trinajstić information content (AvgIpc) is 3.02. The molecular weight excluding hydrogens is 294 g/mol. The Morgan fingerprint density at radius 2 is 2.04 bits per heavy atom. The number of nitrogens with zero attached hydrogens (tertiary/aromatic N) is 2.